The van der Waals surface area contributed by atoms with E-state index in [1.54, 1.807) is 0 Å². The van der Waals surface area contributed by atoms with Crippen LogP contribution in [0.1, 0.15) is 49.9 Å². The summed E-state index contributed by atoms with van der Waals surface area (Å²) in [5.74, 6) is -3.29. The van der Waals surface area contributed by atoms with E-state index in [-0.39, 0.29) is 43.2 Å². The van der Waals surface area contributed by atoms with Gasteiger partial charge in [0.15, 0.2) is 12.2 Å². The average Bonchev–Trinajstić information content (AvgIpc) is 3.03. The number of carboxylic acid groups (broad SMARTS) is 2. The number of hydrogen-bond donors (Lipinski definition) is 8. The molecule has 1 aliphatic heterocycles. The molecule has 1 radical (unpaired) electrons. The zero-order valence-corrected chi connectivity index (χ0v) is 28.0. The molecule has 16 nitrogen and oxygen atoms in total. The third-order valence-corrected chi connectivity index (χ3v) is 7.94. The van der Waals surface area contributed by atoms with Crippen molar-refractivity contribution >= 4 is 23.8 Å². The number of aliphatic carboxylic acids is 2. The number of carbonyl (C=O) groups is 4. The van der Waals surface area contributed by atoms with Gasteiger partial charge in [-0.3, -0.25) is 34.0 Å². The molecule has 0 aromatic carbocycles. The predicted molar refractivity (Wildman–Crippen MR) is 165 cm³/mol. The number of aliphatic hydroxyl groups is 4. The maximum absolute atomic E-state index is 12.4. The summed E-state index contributed by atoms with van der Waals surface area (Å²) < 4.78 is 0. The summed E-state index contributed by atoms with van der Waals surface area (Å²) in [6.45, 7) is 1.61. The Balaban J connectivity index is 0.0000110. The molecule has 0 saturated heterocycles. The number of aliphatic hydroxyl groups excluding tert-OH is 4. The number of hydrogen-bond acceptors (Lipinski definition) is 12. The van der Waals surface area contributed by atoms with E-state index in [4.69, 9.17) is 15.2 Å². The molecule has 267 valence electrons. The number of unbranched alkanes of at least 4 members (excludes halogenated alkanes) is 2. The summed E-state index contributed by atoms with van der Waals surface area (Å²) in [4.78, 5) is 58.5. The zero-order valence-electron chi connectivity index (χ0n) is 26.8. The van der Waals surface area contributed by atoms with Crippen LogP contribution in [0.15, 0.2) is 18.2 Å². The Bertz CT molecular complexity index is 1040. The summed E-state index contributed by atoms with van der Waals surface area (Å²) in [7, 11) is 1.90. The smallest absolute Gasteiger partial charge is 0.320 e. The number of fused-ring (bicyclic) bond motifs is 2. The molecule has 0 aliphatic carbocycles. The summed E-state index contributed by atoms with van der Waals surface area (Å²) in [6.07, 6.45) is -0.306. The molecule has 1 aliphatic rings. The van der Waals surface area contributed by atoms with Gasteiger partial charge in [0, 0.05) is 69.4 Å². The number of aromatic nitrogens is 1. The Kier molecular flexibility index (Phi) is 20.5. The van der Waals surface area contributed by atoms with Gasteiger partial charge >= 0.3 is 11.9 Å². The summed E-state index contributed by atoms with van der Waals surface area (Å²) >= 11 is 0. The predicted octanol–water partition coefficient (Wildman–Crippen LogP) is -2.19. The van der Waals surface area contributed by atoms with Crippen LogP contribution in [0.2, 0.25) is 0 Å². The Labute approximate surface area is 285 Å². The minimum atomic E-state index is -1.49. The largest absolute Gasteiger partial charge is 0.480 e. The van der Waals surface area contributed by atoms with Gasteiger partial charge in [-0.2, -0.15) is 0 Å². The number of pyridine rings is 1. The van der Waals surface area contributed by atoms with E-state index in [9.17, 15) is 39.6 Å². The minimum Gasteiger partial charge on any atom is -0.480 e. The number of carbonyl (C=O) groups excluding carboxylic acids is 2. The first-order chi connectivity index (χ1) is 22.0. The van der Waals surface area contributed by atoms with Crippen LogP contribution in [0.3, 0.4) is 0 Å². The Morgan fingerprint density at radius 2 is 1.15 bits per heavy atom. The number of carboxylic acids is 2. The first kappa shape index (κ1) is 42.3. The molecule has 2 heterocycles. The first-order valence-corrected chi connectivity index (χ1v) is 15.7. The fourth-order valence-electron chi connectivity index (χ4n) is 5.20. The molecular formula is C30H50MnN6O10. The van der Waals surface area contributed by atoms with E-state index in [2.05, 4.69) is 10.6 Å². The monoisotopic (exact) mass is 709 g/mol. The molecular weight excluding hydrogens is 659 g/mol. The van der Waals surface area contributed by atoms with Crippen LogP contribution in [-0.2, 0) is 49.3 Å². The molecule has 8 N–H and O–H groups in total. The molecule has 2 amide bonds. The van der Waals surface area contributed by atoms with E-state index in [0.717, 1.165) is 0 Å². The fraction of sp³-hybridized carbons (Fsp3) is 0.700. The molecule has 0 saturated carbocycles. The first-order valence-electron chi connectivity index (χ1n) is 15.7. The molecule has 17 heteroatoms. The van der Waals surface area contributed by atoms with Gasteiger partial charge in [0.2, 0.25) is 0 Å². The summed E-state index contributed by atoms with van der Waals surface area (Å²) in [5.41, 5.74) is 1.31. The van der Waals surface area contributed by atoms with E-state index >= 15 is 0 Å². The van der Waals surface area contributed by atoms with E-state index < -0.39 is 61.3 Å². The van der Waals surface area contributed by atoms with Crippen molar-refractivity contribution in [2.24, 2.45) is 0 Å². The van der Waals surface area contributed by atoms with Gasteiger partial charge in [-0.25, -0.2) is 0 Å². The van der Waals surface area contributed by atoms with Gasteiger partial charge in [0.05, 0.1) is 24.6 Å². The minimum absolute atomic E-state index is 0. The standard InChI is InChI=1S/C30H50N6O10.Mn/c1-34-13-15-35(23(29(43)44)9-2-4-11-31-27(41)25(39)19-37)17-21-7-6-8-22(33-21)18-36(16-14-34)24(30(45)46)10-3-5-12-32-28(42)26(40)20-38;/h6-8,23-26,37-40H,2-5,9-20H2,1H3,(H,31,41)(H,32,42)(H,43,44)(H,45,46);. The average molecular weight is 710 g/mol. The van der Waals surface area contributed by atoms with Crippen molar-refractivity contribution in [1.29, 1.82) is 0 Å². The SMILES string of the molecule is CN1CCN(C(CCCCNC(=O)C(O)CO)C(=O)O)Cc2cccc(n2)CN(C(CCCCNC(=O)C(O)CO)C(=O)O)CC1.[Mn]. The topological polar surface area (TPSA) is 236 Å². The van der Waals surface area contributed by atoms with Gasteiger partial charge < -0.3 is 46.2 Å². The van der Waals surface area contributed by atoms with Crippen molar-refractivity contribution in [3.8, 4) is 0 Å². The second-order valence-corrected chi connectivity index (χ2v) is 11.5. The van der Waals surface area contributed by atoms with Gasteiger partial charge in [-0.05, 0) is 57.7 Å². The number of nitrogens with one attached hydrogen (secondary N) is 2. The molecule has 2 bridgehead atoms. The third kappa shape index (κ3) is 15.4. The Morgan fingerprint density at radius 1 is 0.745 bits per heavy atom. The number of nitrogens with zero attached hydrogens (tertiary/aromatic N) is 4. The Hall–Kier alpha value is -2.73. The van der Waals surface area contributed by atoms with E-state index in [0.29, 0.717) is 76.1 Å². The van der Waals surface area contributed by atoms with Crippen LogP contribution in [0.5, 0.6) is 0 Å². The van der Waals surface area contributed by atoms with Crippen molar-refractivity contribution in [3.63, 3.8) is 0 Å². The molecule has 4 unspecified atom stereocenters. The van der Waals surface area contributed by atoms with Crippen molar-refractivity contribution in [3.05, 3.63) is 29.6 Å². The quantitative estimate of drug-likeness (QED) is 0.0598. The van der Waals surface area contributed by atoms with Crippen LogP contribution in [0, 0.1) is 0 Å². The van der Waals surface area contributed by atoms with E-state index in [1.807, 2.05) is 39.9 Å². The normalized spacial score (nSPS) is 17.6. The van der Waals surface area contributed by atoms with Crippen LogP contribution in [-0.4, -0.2) is 158 Å². The number of amides is 2. The van der Waals surface area contributed by atoms with Crippen molar-refractivity contribution < 1.29 is 66.9 Å². The van der Waals surface area contributed by atoms with Crippen LogP contribution in [0.25, 0.3) is 0 Å². The molecule has 1 aromatic heterocycles. The second-order valence-electron chi connectivity index (χ2n) is 11.5. The zero-order chi connectivity index (χ0) is 34.1. The van der Waals surface area contributed by atoms with Gasteiger partial charge in [0.1, 0.15) is 12.1 Å². The molecule has 0 fully saturated rings. The van der Waals surface area contributed by atoms with Crippen molar-refractivity contribution in [2.45, 2.75) is 75.9 Å². The van der Waals surface area contributed by atoms with E-state index in [1.165, 1.54) is 0 Å². The molecule has 4 atom stereocenters. The maximum atomic E-state index is 12.4. The number of rotatable bonds is 18. The fourth-order valence-corrected chi connectivity index (χ4v) is 5.20. The van der Waals surface area contributed by atoms with Gasteiger partial charge in [-0.1, -0.05) is 6.07 Å². The molecule has 47 heavy (non-hydrogen) atoms. The molecule has 1 aromatic rings. The van der Waals surface area contributed by atoms with Crippen LogP contribution in [0.4, 0.5) is 0 Å². The van der Waals surface area contributed by atoms with Crippen molar-refractivity contribution in [2.75, 3.05) is 59.5 Å². The third-order valence-electron chi connectivity index (χ3n) is 7.94. The second kappa shape index (κ2) is 22.8. The van der Waals surface area contributed by atoms with Crippen molar-refractivity contribution in [1.82, 2.24) is 30.3 Å². The van der Waals surface area contributed by atoms with Gasteiger partial charge in [0.25, 0.3) is 11.8 Å². The molecule has 0 spiro atoms. The van der Waals surface area contributed by atoms with Crippen LogP contribution >= 0.6 is 0 Å². The molecule has 2 rings (SSSR count). The van der Waals surface area contributed by atoms with Crippen LogP contribution < -0.4 is 10.6 Å². The Morgan fingerprint density at radius 3 is 1.51 bits per heavy atom. The summed E-state index contributed by atoms with van der Waals surface area (Å²) in [5, 5.41) is 61.7. The summed E-state index contributed by atoms with van der Waals surface area (Å²) in [6, 6.07) is 3.85. The van der Waals surface area contributed by atoms with Gasteiger partial charge in [-0.15, -0.1) is 0 Å². The maximum Gasteiger partial charge on any atom is 0.320 e. The number of likely N-dealkylation sites (N-methyl/N-ethyl adjacent to an activating group) is 1.